The van der Waals surface area contributed by atoms with Crippen LogP contribution in [0.15, 0.2) is 30.3 Å². The van der Waals surface area contributed by atoms with Crippen LogP contribution < -0.4 is 65.1 Å². The number of carboxylic acid groups (broad SMARTS) is 3. The van der Waals surface area contributed by atoms with Crippen LogP contribution in [0.5, 0.6) is 0 Å². The summed E-state index contributed by atoms with van der Waals surface area (Å²) in [5.41, 5.74) is 13.3. The van der Waals surface area contributed by atoms with Gasteiger partial charge in [-0.3, -0.25) is 57.5 Å². The van der Waals surface area contributed by atoms with Gasteiger partial charge in [0.1, 0.15) is 61.0 Å². The Kier molecular flexibility index (Phi) is 37.3. The molecule has 0 aliphatic carbocycles. The van der Waals surface area contributed by atoms with Crippen molar-refractivity contribution in [3.05, 3.63) is 35.9 Å². The van der Waals surface area contributed by atoms with Gasteiger partial charge in [-0.05, 0) is 86.4 Å². The molecule has 0 saturated carbocycles. The zero-order chi connectivity index (χ0) is 66.8. The van der Waals surface area contributed by atoms with Gasteiger partial charge >= 0.3 is 26.1 Å². The molecule has 0 radical (unpaired) electrons. The maximum absolute atomic E-state index is 14.5. The summed E-state index contributed by atoms with van der Waals surface area (Å²) in [6.45, 7) is 6.07. The summed E-state index contributed by atoms with van der Waals surface area (Å²) in [5, 5.41) is 50.8. The molecule has 35 heteroatoms. The number of unbranched alkanes of at least 4 members (excludes halogenated alkanes) is 1. The summed E-state index contributed by atoms with van der Waals surface area (Å²) < 4.78 is 4.69. The first kappa shape index (κ1) is 79.2. The van der Waals surface area contributed by atoms with E-state index in [4.69, 9.17) is 10.3 Å². The zero-order valence-corrected chi connectivity index (χ0v) is 52.8. The second-order valence-corrected chi connectivity index (χ2v) is 24.7. The number of carbonyl (C=O) groups is 13. The number of aliphatic carboxylic acids is 3. The van der Waals surface area contributed by atoms with Gasteiger partial charge < -0.3 is 80.4 Å². The Morgan fingerprint density at radius 1 is 0.511 bits per heavy atom. The van der Waals surface area contributed by atoms with Crippen molar-refractivity contribution in [2.45, 2.75) is 165 Å². The van der Waals surface area contributed by atoms with E-state index in [1.807, 2.05) is 0 Å². The normalized spacial score (nSPS) is 14.8. The van der Waals surface area contributed by atoms with Crippen LogP contribution in [0, 0.1) is 11.8 Å². The molecule has 0 aliphatic rings. The number of carbonyl (C=O) groups excluding carboxylic acids is 10. The molecule has 0 unspecified atom stereocenters. The molecule has 0 fully saturated rings. The molecule has 88 heavy (non-hydrogen) atoms. The van der Waals surface area contributed by atoms with Crippen molar-refractivity contribution >= 4 is 109 Å². The molecule has 1 aromatic rings. The maximum atomic E-state index is 14.5. The van der Waals surface area contributed by atoms with Crippen molar-refractivity contribution in [2.24, 2.45) is 17.6 Å². The monoisotopic (exact) mass is 1310 g/mol. The number of thioether (sulfide) groups is 2. The minimum absolute atomic E-state index is 0.00125. The Bertz CT molecular complexity index is 2500. The molecular weight excluding hydrogens is 1220 g/mol. The number of amides is 10. The largest absolute Gasteiger partial charge is 0.567 e. The molecule has 0 bridgehead atoms. The van der Waals surface area contributed by atoms with Crippen molar-refractivity contribution in [1.29, 1.82) is 0 Å². The third kappa shape index (κ3) is 33.0. The highest BCUT2D eigenvalue weighted by atomic mass is 32.2. The second kappa shape index (κ2) is 41.4. The smallest absolute Gasteiger partial charge is 0.481 e. The minimum atomic E-state index is -5.20. The summed E-state index contributed by atoms with van der Waals surface area (Å²) in [5.74, 6) is -15.3. The van der Waals surface area contributed by atoms with Crippen LogP contribution in [-0.4, -0.2) is 205 Å². The van der Waals surface area contributed by atoms with Gasteiger partial charge in [0.2, 0.25) is 53.2 Å². The lowest BCUT2D eigenvalue weighted by molar-refractivity contribution is -0.406. The number of hydrogen-bond donors (Lipinski definition) is 18. The maximum Gasteiger partial charge on any atom is 0.567 e. The Balaban J connectivity index is 3.70. The average Bonchev–Trinajstić information content (AvgIpc) is 3.03. The topological polar surface area (TPSA) is 542 Å². The van der Waals surface area contributed by atoms with Gasteiger partial charge in [0.15, 0.2) is 6.04 Å². The fourth-order valence-electron chi connectivity index (χ4n) is 8.31. The van der Waals surface area contributed by atoms with Gasteiger partial charge in [-0.2, -0.15) is 42.7 Å². The van der Waals surface area contributed by atoms with Crippen LogP contribution in [0.2, 0.25) is 0 Å². The number of nitrogens with one attached hydrogen (secondary N) is 9. The zero-order valence-electron chi connectivity index (χ0n) is 50.3. The molecule has 1 aromatic carbocycles. The molecule has 10 atom stereocenters. The van der Waals surface area contributed by atoms with Crippen molar-refractivity contribution in [2.75, 3.05) is 37.2 Å². The third-order valence-corrected chi connectivity index (χ3v) is 14.7. The number of quaternary nitrogens is 2. The van der Waals surface area contributed by atoms with Crippen LogP contribution in [0.25, 0.3) is 0 Å². The second-order valence-electron chi connectivity index (χ2n) is 21.5. The van der Waals surface area contributed by atoms with E-state index in [0.717, 1.165) is 0 Å². The highest BCUT2D eigenvalue weighted by Crippen LogP contribution is 2.45. The Hall–Kier alpha value is -6.78. The molecule has 0 aliphatic heterocycles. The molecular formula is C53H90N12O20PS2+3. The SMILES string of the molecule is CSCC[C@H](NC(=O)[C@H](CC(=O)O)NC(=O)[C@H](CC(C)C)NC(=O)[C@H](Cc1ccccc1)NC(=O)[C@H](CO[P+](O)(O)O)NC(=O)[C@H](CC(=O)O)NC(=O)[C@H](CCSC)NC(=O)[C@@H]([NH3+])CCCC[NH3+])C(=O)N[C@@H](CCC(N)=O)C(=O)N[C@@H](CC(C)C)C(=O)O. The summed E-state index contributed by atoms with van der Waals surface area (Å²) in [6, 6.07) is -8.09. The molecule has 0 spiro atoms. The molecule has 0 aromatic heterocycles. The van der Waals surface area contributed by atoms with Crippen molar-refractivity contribution in [3.8, 4) is 0 Å². The molecule has 10 amide bonds. The first-order chi connectivity index (χ1) is 41.2. The van der Waals surface area contributed by atoms with E-state index >= 15 is 0 Å². The number of benzene rings is 1. The first-order valence-electron chi connectivity index (χ1n) is 28.3. The van der Waals surface area contributed by atoms with E-state index < -0.39 is 177 Å². The standard InChI is InChI=1S/C53H87N12O20PS2/c1-28(2)22-35(48(75)63-37(25-42(67)68)50(77)59-34(18-21-88-6)46(73)58-32(15-16-41(56)66)45(72)64-39(53(80)81)23-29(3)4)60-49(76)36(24-30-12-8-7-9-13-30)61-52(79)40(27-85-86(82,83)84)65-51(78)38(26-43(69)70)62-47(74)33(17-20-87-5)57-44(71)31(55)14-10-11-19-54/h7-9,12-13,28-29,31-40,82-84H,10-11,14-27,54-55H2,1-6H3,(H13-,56,57,58,59,60,61,62,63,64,65,66,67,68,69,70,71,72,73,74,75,76,77,78,79,80,81)/p+3/t31-,32-,33-,34-,35-,36-,37-,38-,39-,40-/m0/s1. The number of hydrogen-bond acceptors (Lipinski definition) is 19. The van der Waals surface area contributed by atoms with Crippen LogP contribution in [0.4, 0.5) is 0 Å². The van der Waals surface area contributed by atoms with Crippen LogP contribution in [-0.2, 0) is 73.3 Å². The Labute approximate surface area is 518 Å². The molecule has 0 saturated heterocycles. The average molecular weight is 1310 g/mol. The van der Waals surface area contributed by atoms with E-state index in [2.05, 4.69) is 59.3 Å². The lowest BCUT2D eigenvalue weighted by Crippen LogP contribution is -2.69. The lowest BCUT2D eigenvalue weighted by atomic mass is 10.00. The van der Waals surface area contributed by atoms with E-state index in [0.29, 0.717) is 37.1 Å². The van der Waals surface area contributed by atoms with Crippen LogP contribution in [0.1, 0.15) is 104 Å². The number of carboxylic acids is 3. The number of primary amides is 1. The number of rotatable bonds is 45. The highest BCUT2D eigenvalue weighted by molar-refractivity contribution is 7.98. The summed E-state index contributed by atoms with van der Waals surface area (Å²) in [7, 11) is -5.20. The summed E-state index contributed by atoms with van der Waals surface area (Å²) in [6.07, 6.45) is 1.39. The van der Waals surface area contributed by atoms with Gasteiger partial charge in [0.05, 0.1) is 19.4 Å². The van der Waals surface area contributed by atoms with Gasteiger partial charge in [-0.1, -0.05) is 58.0 Å². The van der Waals surface area contributed by atoms with E-state index in [9.17, 15) is 92.3 Å². The van der Waals surface area contributed by atoms with Crippen molar-refractivity contribution in [3.63, 3.8) is 0 Å². The summed E-state index contributed by atoms with van der Waals surface area (Å²) in [4.78, 5) is 203. The van der Waals surface area contributed by atoms with Crippen LogP contribution in [0.3, 0.4) is 0 Å². The van der Waals surface area contributed by atoms with Gasteiger partial charge in [-0.25, -0.2) is 4.79 Å². The predicted octanol–water partition coefficient (Wildman–Crippen LogP) is -4.82. The first-order valence-corrected chi connectivity index (χ1v) is 32.6. The van der Waals surface area contributed by atoms with Gasteiger partial charge in [0.25, 0.3) is 5.91 Å². The van der Waals surface area contributed by atoms with Gasteiger partial charge in [0, 0.05) is 19.3 Å². The molecule has 1 rings (SSSR count). The van der Waals surface area contributed by atoms with E-state index in [-0.39, 0.29) is 50.2 Å². The Morgan fingerprint density at radius 2 is 0.886 bits per heavy atom. The molecule has 32 nitrogen and oxygen atoms in total. The van der Waals surface area contributed by atoms with Crippen molar-refractivity contribution in [1.82, 2.24) is 47.9 Å². The minimum Gasteiger partial charge on any atom is -0.481 e. The highest BCUT2D eigenvalue weighted by Gasteiger charge is 2.40. The van der Waals surface area contributed by atoms with Gasteiger partial charge in [-0.15, -0.1) is 0 Å². The fourth-order valence-corrected chi connectivity index (χ4v) is 9.60. The molecule has 496 valence electrons. The lowest BCUT2D eigenvalue weighted by Gasteiger charge is -2.28. The van der Waals surface area contributed by atoms with E-state index in [1.54, 1.807) is 70.5 Å². The quantitative estimate of drug-likeness (QED) is 0.0215. The predicted molar refractivity (Wildman–Crippen MR) is 321 cm³/mol. The van der Waals surface area contributed by atoms with Crippen molar-refractivity contribution < 1.29 is 108 Å². The molecule has 23 N–H and O–H groups in total. The third-order valence-electron chi connectivity index (χ3n) is 12.9. The fraction of sp³-hybridized carbons (Fsp3) is 0.642. The van der Waals surface area contributed by atoms with Crippen LogP contribution >= 0.6 is 31.7 Å². The summed E-state index contributed by atoms with van der Waals surface area (Å²) >= 11 is 2.55. The molecule has 0 heterocycles. The number of nitrogens with two attached hydrogens (primary N) is 1. The van der Waals surface area contributed by atoms with E-state index in [1.165, 1.54) is 23.5 Å². The Morgan fingerprint density at radius 3 is 1.32 bits per heavy atom.